The number of aromatic nitrogens is 4. The number of carbonyl (C=O) groups excluding carboxylic acids is 3. The molecule has 2 aromatic heterocycles. The van der Waals surface area contributed by atoms with Crippen LogP contribution in [0.15, 0.2) is 12.5 Å². The van der Waals surface area contributed by atoms with Crippen molar-refractivity contribution in [2.45, 2.75) is 129 Å². The number of rotatable bonds is 8. The number of carbonyl (C=O) groups is 3. The van der Waals surface area contributed by atoms with Crippen molar-refractivity contribution in [2.75, 3.05) is 5.32 Å². The zero-order valence-electron chi connectivity index (χ0n) is 25.7. The molecule has 42 heavy (non-hydrogen) atoms. The van der Waals surface area contributed by atoms with Gasteiger partial charge in [0.25, 0.3) is 0 Å². The summed E-state index contributed by atoms with van der Waals surface area (Å²) in [6.45, 7) is 16.1. The Kier molecular flexibility index (Phi) is 8.82. The molecule has 14 heteroatoms. The highest BCUT2D eigenvalue weighted by Crippen LogP contribution is 2.44. The standard InChI is InChI=1S/C28H42N6O8/c1-10-17-20-21(41-28(8,9)40-20)23(38-17)34-14-29-19-16(34)13-30-33-22(19)32-25(37)31-15(24(36)42-27(5,6)7)11-12-18(35)39-26(2,3)4/h13-15,17,20-21,23H,10-12H2,1-9H3,(H2,31,32,33,37)/t15-,17+,20+,21+,23+/m0/s1. The Balaban J connectivity index is 1.50. The summed E-state index contributed by atoms with van der Waals surface area (Å²) in [5.41, 5.74) is -0.562. The van der Waals surface area contributed by atoms with E-state index in [4.69, 9.17) is 23.7 Å². The van der Waals surface area contributed by atoms with Crippen LogP contribution in [0.25, 0.3) is 11.0 Å². The van der Waals surface area contributed by atoms with E-state index in [-0.39, 0.29) is 37.0 Å². The fourth-order valence-corrected chi connectivity index (χ4v) is 4.95. The first-order valence-electron chi connectivity index (χ1n) is 14.2. The van der Waals surface area contributed by atoms with Crippen molar-refractivity contribution in [1.29, 1.82) is 0 Å². The molecule has 4 rings (SSSR count). The summed E-state index contributed by atoms with van der Waals surface area (Å²) in [6, 6.07) is -1.87. The molecule has 0 radical (unpaired) electrons. The second-order valence-corrected chi connectivity index (χ2v) is 12.9. The van der Waals surface area contributed by atoms with Crippen molar-refractivity contribution in [1.82, 2.24) is 25.1 Å². The van der Waals surface area contributed by atoms with Crippen LogP contribution < -0.4 is 10.6 Å². The van der Waals surface area contributed by atoms with Crippen LogP contribution in [-0.2, 0) is 33.3 Å². The van der Waals surface area contributed by atoms with Gasteiger partial charge >= 0.3 is 18.0 Å². The highest BCUT2D eigenvalue weighted by Gasteiger charge is 2.55. The Morgan fingerprint density at radius 3 is 2.38 bits per heavy atom. The Morgan fingerprint density at radius 2 is 1.74 bits per heavy atom. The average Bonchev–Trinajstić information content (AvgIpc) is 3.50. The van der Waals surface area contributed by atoms with E-state index in [1.54, 1.807) is 52.4 Å². The van der Waals surface area contributed by atoms with Crippen LogP contribution in [0, 0.1) is 0 Å². The van der Waals surface area contributed by atoms with Gasteiger partial charge in [0.15, 0.2) is 17.8 Å². The maximum absolute atomic E-state index is 13.1. The van der Waals surface area contributed by atoms with Crippen LogP contribution in [0.4, 0.5) is 10.6 Å². The smallest absolute Gasteiger partial charge is 0.329 e. The van der Waals surface area contributed by atoms with E-state index in [1.807, 2.05) is 20.8 Å². The van der Waals surface area contributed by atoms with Gasteiger partial charge in [0.2, 0.25) is 0 Å². The van der Waals surface area contributed by atoms with Crippen molar-refractivity contribution in [2.24, 2.45) is 0 Å². The van der Waals surface area contributed by atoms with Gasteiger partial charge in [-0.1, -0.05) is 6.92 Å². The number of nitrogens with zero attached hydrogens (tertiary/aromatic N) is 4. The van der Waals surface area contributed by atoms with Gasteiger partial charge in [-0.3, -0.25) is 14.7 Å². The Hall–Kier alpha value is -3.36. The number of hydrogen-bond acceptors (Lipinski definition) is 11. The van der Waals surface area contributed by atoms with Gasteiger partial charge in [-0.2, -0.15) is 5.10 Å². The molecule has 2 amide bonds. The Bertz CT molecular complexity index is 1310. The monoisotopic (exact) mass is 590 g/mol. The first kappa shape index (κ1) is 31.6. The van der Waals surface area contributed by atoms with Crippen LogP contribution in [0.3, 0.4) is 0 Å². The van der Waals surface area contributed by atoms with Gasteiger partial charge in [-0.15, -0.1) is 5.10 Å². The quantitative estimate of drug-likeness (QED) is 0.431. The number of imidazole rings is 1. The molecule has 2 aliphatic rings. The molecule has 2 aliphatic heterocycles. The molecule has 4 heterocycles. The summed E-state index contributed by atoms with van der Waals surface area (Å²) < 4.78 is 31.1. The summed E-state index contributed by atoms with van der Waals surface area (Å²) in [5.74, 6) is -1.86. The van der Waals surface area contributed by atoms with Crippen molar-refractivity contribution in [3.63, 3.8) is 0 Å². The molecule has 2 aromatic rings. The summed E-state index contributed by atoms with van der Waals surface area (Å²) in [6.07, 6.45) is 2.41. The minimum Gasteiger partial charge on any atom is -0.460 e. The van der Waals surface area contributed by atoms with Gasteiger partial charge in [-0.25, -0.2) is 14.6 Å². The minimum atomic E-state index is -1.13. The summed E-state index contributed by atoms with van der Waals surface area (Å²) >= 11 is 0. The van der Waals surface area contributed by atoms with E-state index in [2.05, 4.69) is 25.8 Å². The van der Waals surface area contributed by atoms with E-state index >= 15 is 0 Å². The zero-order valence-corrected chi connectivity index (χ0v) is 25.7. The maximum atomic E-state index is 13.1. The predicted octanol–water partition coefficient (Wildman–Crippen LogP) is 3.61. The molecule has 2 saturated heterocycles. The lowest BCUT2D eigenvalue weighted by molar-refractivity contribution is -0.196. The normalized spacial score (nSPS) is 24.2. The van der Waals surface area contributed by atoms with Gasteiger partial charge in [0, 0.05) is 6.42 Å². The largest absolute Gasteiger partial charge is 0.460 e. The first-order valence-corrected chi connectivity index (χ1v) is 14.2. The fraction of sp³-hybridized carbons (Fsp3) is 0.714. The van der Waals surface area contributed by atoms with Crippen LogP contribution in [0.2, 0.25) is 0 Å². The highest BCUT2D eigenvalue weighted by atomic mass is 16.8. The number of hydrogen-bond donors (Lipinski definition) is 2. The lowest BCUT2D eigenvalue weighted by Crippen LogP contribution is -2.46. The van der Waals surface area contributed by atoms with E-state index in [9.17, 15) is 14.4 Å². The van der Waals surface area contributed by atoms with Crippen LogP contribution >= 0.6 is 0 Å². The molecule has 0 spiro atoms. The molecule has 0 unspecified atom stereocenters. The number of nitrogens with one attached hydrogen (secondary N) is 2. The lowest BCUT2D eigenvalue weighted by atomic mass is 10.1. The van der Waals surface area contributed by atoms with Crippen molar-refractivity contribution in [3.05, 3.63) is 12.5 Å². The third kappa shape index (κ3) is 7.53. The van der Waals surface area contributed by atoms with Gasteiger partial charge in [0.1, 0.15) is 35.0 Å². The molecule has 5 atom stereocenters. The second-order valence-electron chi connectivity index (χ2n) is 12.9. The second kappa shape index (κ2) is 11.7. The summed E-state index contributed by atoms with van der Waals surface area (Å²) in [5, 5.41) is 13.3. The molecular formula is C28H42N6O8. The molecule has 14 nitrogen and oxygen atoms in total. The van der Waals surface area contributed by atoms with Crippen molar-refractivity contribution < 1.29 is 38.1 Å². The van der Waals surface area contributed by atoms with Gasteiger partial charge in [-0.05, 0) is 68.2 Å². The number of anilines is 1. The topological polar surface area (TPSA) is 165 Å². The first-order chi connectivity index (χ1) is 19.5. The van der Waals surface area contributed by atoms with Crippen molar-refractivity contribution in [3.8, 4) is 0 Å². The van der Waals surface area contributed by atoms with Gasteiger partial charge in [0.05, 0.1) is 24.1 Å². The number of fused-ring (bicyclic) bond motifs is 2. The number of esters is 2. The lowest BCUT2D eigenvalue weighted by Gasteiger charge is -2.25. The van der Waals surface area contributed by atoms with Crippen LogP contribution in [0.5, 0.6) is 0 Å². The maximum Gasteiger partial charge on any atom is 0.329 e. The molecule has 0 bridgehead atoms. The van der Waals surface area contributed by atoms with Gasteiger partial charge < -0.3 is 29.0 Å². The molecule has 2 N–H and O–H groups in total. The van der Waals surface area contributed by atoms with Crippen molar-refractivity contribution >= 4 is 34.8 Å². The molecule has 232 valence electrons. The molecule has 0 aliphatic carbocycles. The predicted molar refractivity (Wildman–Crippen MR) is 150 cm³/mol. The highest BCUT2D eigenvalue weighted by molar-refractivity contribution is 5.98. The average molecular weight is 591 g/mol. The van der Waals surface area contributed by atoms with Crippen LogP contribution in [-0.4, -0.2) is 79.1 Å². The summed E-state index contributed by atoms with van der Waals surface area (Å²) in [7, 11) is 0. The fourth-order valence-electron chi connectivity index (χ4n) is 4.95. The van der Waals surface area contributed by atoms with E-state index in [0.29, 0.717) is 11.0 Å². The molecule has 0 aromatic carbocycles. The van der Waals surface area contributed by atoms with Crippen LogP contribution in [0.1, 0.15) is 87.8 Å². The minimum absolute atomic E-state index is 0.0274. The Morgan fingerprint density at radius 1 is 1.07 bits per heavy atom. The van der Waals surface area contributed by atoms with E-state index < -0.39 is 47.2 Å². The Labute approximate surface area is 245 Å². The van der Waals surface area contributed by atoms with E-state index in [1.165, 1.54) is 6.20 Å². The zero-order chi connectivity index (χ0) is 31.0. The SMILES string of the molecule is CC[C@H]1O[C@@H](n2cnc3c(NC(=O)N[C@@H](CCC(=O)OC(C)(C)C)C(=O)OC(C)(C)C)nncc32)[C@@H]2OC(C)(C)O[C@@H]21. The number of ether oxygens (including phenoxy) is 5. The van der Waals surface area contributed by atoms with E-state index in [0.717, 1.165) is 6.42 Å². The molecular weight excluding hydrogens is 548 g/mol. The molecule has 2 fully saturated rings. The molecule has 0 saturated carbocycles. The third-order valence-corrected chi connectivity index (χ3v) is 6.48. The summed E-state index contributed by atoms with van der Waals surface area (Å²) in [4.78, 5) is 42.7. The third-order valence-electron chi connectivity index (χ3n) is 6.48. The number of urea groups is 1. The number of amides is 2.